The number of rotatable bonds is 9. The molecule has 1 aliphatic carbocycles. The number of ether oxygens (including phenoxy) is 2. The Kier molecular flexibility index (Phi) is 5.55. The third-order valence-corrected chi connectivity index (χ3v) is 4.07. The largest absolute Gasteiger partial charge is 0.407 e. The highest BCUT2D eigenvalue weighted by atomic mass is 16.5. The van der Waals surface area contributed by atoms with Gasteiger partial charge in [0.1, 0.15) is 0 Å². The van der Waals surface area contributed by atoms with Gasteiger partial charge in [-0.25, -0.2) is 0 Å². The predicted molar refractivity (Wildman–Crippen MR) is 79.1 cm³/mol. The van der Waals surface area contributed by atoms with Gasteiger partial charge in [0.2, 0.25) is 5.89 Å². The van der Waals surface area contributed by atoms with E-state index in [1.807, 2.05) is 6.92 Å². The molecule has 0 amide bonds. The monoisotopic (exact) mass is 298 g/mol. The summed E-state index contributed by atoms with van der Waals surface area (Å²) in [6.07, 6.45) is 1.25. The van der Waals surface area contributed by atoms with Crippen molar-refractivity contribution in [2.24, 2.45) is 5.41 Å². The van der Waals surface area contributed by atoms with Crippen LogP contribution in [0.1, 0.15) is 33.1 Å². The van der Waals surface area contributed by atoms with Gasteiger partial charge in [0, 0.05) is 31.7 Å². The molecule has 0 saturated heterocycles. The maximum Gasteiger partial charge on any atom is 0.315 e. The minimum atomic E-state index is 0.0708. The lowest BCUT2D eigenvalue weighted by Crippen LogP contribution is -2.58. The number of hydrogen-bond donors (Lipinski definition) is 2. The molecular weight excluding hydrogens is 272 g/mol. The first-order chi connectivity index (χ1) is 10.1. The van der Waals surface area contributed by atoms with Crippen molar-refractivity contribution in [3.05, 3.63) is 5.89 Å². The zero-order valence-corrected chi connectivity index (χ0v) is 13.3. The number of anilines is 1. The van der Waals surface area contributed by atoms with E-state index in [9.17, 15) is 0 Å². The molecule has 120 valence electrons. The molecule has 2 rings (SSSR count). The molecule has 2 unspecified atom stereocenters. The van der Waals surface area contributed by atoms with Gasteiger partial charge >= 0.3 is 6.01 Å². The summed E-state index contributed by atoms with van der Waals surface area (Å²) in [4.78, 5) is 0. The highest BCUT2D eigenvalue weighted by Gasteiger charge is 2.49. The average molecular weight is 298 g/mol. The molecule has 1 aromatic heterocycles. The maximum absolute atomic E-state index is 5.71. The summed E-state index contributed by atoms with van der Waals surface area (Å²) in [5.41, 5.74) is 0.0708. The fraction of sp³-hybridized carbons (Fsp3) is 0.857. The SMILES string of the molecule is CCOC1CC(Nc2nnc(CNCCOC)o2)C1(C)C. The first-order valence-electron chi connectivity index (χ1n) is 7.48. The minimum Gasteiger partial charge on any atom is -0.407 e. The molecule has 1 aromatic rings. The molecule has 7 nitrogen and oxygen atoms in total. The van der Waals surface area contributed by atoms with Crippen molar-refractivity contribution < 1.29 is 13.9 Å². The van der Waals surface area contributed by atoms with E-state index in [0.717, 1.165) is 19.6 Å². The summed E-state index contributed by atoms with van der Waals surface area (Å²) in [5.74, 6) is 0.576. The van der Waals surface area contributed by atoms with Crippen LogP contribution in [0.5, 0.6) is 0 Å². The van der Waals surface area contributed by atoms with Crippen molar-refractivity contribution in [2.45, 2.75) is 45.9 Å². The molecule has 21 heavy (non-hydrogen) atoms. The van der Waals surface area contributed by atoms with E-state index in [-0.39, 0.29) is 11.5 Å². The zero-order valence-electron chi connectivity index (χ0n) is 13.3. The van der Waals surface area contributed by atoms with Crippen LogP contribution in [-0.2, 0) is 16.0 Å². The number of nitrogens with zero attached hydrogens (tertiary/aromatic N) is 2. The van der Waals surface area contributed by atoms with Crippen LogP contribution in [0.15, 0.2) is 4.42 Å². The smallest absolute Gasteiger partial charge is 0.315 e. The van der Waals surface area contributed by atoms with Crippen LogP contribution >= 0.6 is 0 Å². The van der Waals surface area contributed by atoms with Crippen LogP contribution in [0.3, 0.4) is 0 Å². The van der Waals surface area contributed by atoms with Gasteiger partial charge in [-0.3, -0.25) is 0 Å². The fourth-order valence-electron chi connectivity index (χ4n) is 2.52. The van der Waals surface area contributed by atoms with Crippen LogP contribution in [0.2, 0.25) is 0 Å². The molecule has 2 N–H and O–H groups in total. The summed E-state index contributed by atoms with van der Waals surface area (Å²) < 4.78 is 16.3. The first kappa shape index (κ1) is 16.2. The average Bonchev–Trinajstić information content (AvgIpc) is 2.90. The summed E-state index contributed by atoms with van der Waals surface area (Å²) in [5, 5.41) is 14.5. The lowest BCUT2D eigenvalue weighted by Gasteiger charge is -2.51. The maximum atomic E-state index is 5.71. The highest BCUT2D eigenvalue weighted by Crippen LogP contribution is 2.44. The molecule has 1 aliphatic rings. The molecule has 1 heterocycles. The first-order valence-corrected chi connectivity index (χ1v) is 7.48. The molecule has 0 aromatic carbocycles. The summed E-state index contributed by atoms with van der Waals surface area (Å²) in [6, 6.07) is 0.773. The van der Waals surface area contributed by atoms with Crippen molar-refractivity contribution in [1.82, 2.24) is 15.5 Å². The third kappa shape index (κ3) is 3.93. The fourth-order valence-corrected chi connectivity index (χ4v) is 2.52. The normalized spacial score (nSPS) is 23.8. The van der Waals surface area contributed by atoms with Crippen LogP contribution < -0.4 is 10.6 Å². The Morgan fingerprint density at radius 3 is 2.86 bits per heavy atom. The van der Waals surface area contributed by atoms with Gasteiger partial charge in [0.25, 0.3) is 0 Å². The third-order valence-electron chi connectivity index (χ3n) is 4.07. The quantitative estimate of drug-likeness (QED) is 0.667. The van der Waals surface area contributed by atoms with Gasteiger partial charge in [0.05, 0.1) is 19.3 Å². The highest BCUT2D eigenvalue weighted by molar-refractivity contribution is 5.25. The van der Waals surface area contributed by atoms with Crippen LogP contribution in [0.4, 0.5) is 6.01 Å². The van der Waals surface area contributed by atoms with Crippen molar-refractivity contribution in [2.75, 3.05) is 32.2 Å². The standard InChI is InChI=1S/C14H26N4O3/c1-5-20-11-8-10(14(11,2)3)16-13-18-17-12(21-13)9-15-6-7-19-4/h10-11,15H,5-9H2,1-4H3,(H,16,18). The van der Waals surface area contributed by atoms with Gasteiger partial charge in [-0.1, -0.05) is 18.9 Å². The Morgan fingerprint density at radius 1 is 1.38 bits per heavy atom. The van der Waals surface area contributed by atoms with Gasteiger partial charge < -0.3 is 24.5 Å². The minimum absolute atomic E-state index is 0.0708. The van der Waals surface area contributed by atoms with E-state index in [1.54, 1.807) is 7.11 Å². The molecule has 0 bridgehead atoms. The number of aromatic nitrogens is 2. The summed E-state index contributed by atoms with van der Waals surface area (Å²) in [7, 11) is 1.67. The van der Waals surface area contributed by atoms with E-state index in [1.165, 1.54) is 0 Å². The lowest BCUT2D eigenvalue weighted by molar-refractivity contribution is -0.0980. The van der Waals surface area contributed by atoms with E-state index in [2.05, 4.69) is 34.7 Å². The molecule has 1 saturated carbocycles. The molecule has 1 fully saturated rings. The lowest BCUT2D eigenvalue weighted by atomic mass is 9.64. The molecule has 0 spiro atoms. The summed E-state index contributed by atoms with van der Waals surface area (Å²) >= 11 is 0. The van der Waals surface area contributed by atoms with Gasteiger partial charge in [-0.05, 0) is 13.3 Å². The van der Waals surface area contributed by atoms with E-state index >= 15 is 0 Å². The van der Waals surface area contributed by atoms with E-state index in [4.69, 9.17) is 13.9 Å². The number of nitrogens with one attached hydrogen (secondary N) is 2. The molecule has 7 heteroatoms. The van der Waals surface area contributed by atoms with Crippen LogP contribution in [0.25, 0.3) is 0 Å². The van der Waals surface area contributed by atoms with Crippen LogP contribution in [-0.4, -0.2) is 49.2 Å². The number of methoxy groups -OCH3 is 1. The predicted octanol–water partition coefficient (Wildman–Crippen LogP) is 1.42. The van der Waals surface area contributed by atoms with E-state index < -0.39 is 0 Å². The van der Waals surface area contributed by atoms with Crippen LogP contribution in [0, 0.1) is 5.41 Å². The van der Waals surface area contributed by atoms with Crippen molar-refractivity contribution in [3.63, 3.8) is 0 Å². The Balaban J connectivity index is 1.78. The zero-order chi connectivity index (χ0) is 15.3. The second-order valence-corrected chi connectivity index (χ2v) is 5.87. The Bertz CT molecular complexity index is 436. The van der Waals surface area contributed by atoms with Gasteiger partial charge in [-0.15, -0.1) is 5.10 Å². The molecule has 0 aliphatic heterocycles. The van der Waals surface area contributed by atoms with Crippen molar-refractivity contribution in [1.29, 1.82) is 0 Å². The van der Waals surface area contributed by atoms with Gasteiger partial charge in [-0.2, -0.15) is 0 Å². The van der Waals surface area contributed by atoms with E-state index in [0.29, 0.717) is 31.1 Å². The molecule has 0 radical (unpaired) electrons. The Hall–Kier alpha value is -1.18. The molecule has 2 atom stereocenters. The second-order valence-electron chi connectivity index (χ2n) is 5.87. The van der Waals surface area contributed by atoms with Gasteiger partial charge in [0.15, 0.2) is 0 Å². The van der Waals surface area contributed by atoms with Crippen molar-refractivity contribution in [3.8, 4) is 0 Å². The Labute approximate surface area is 125 Å². The molecular formula is C14H26N4O3. The Morgan fingerprint density at radius 2 is 2.19 bits per heavy atom. The summed E-state index contributed by atoms with van der Waals surface area (Å²) in [6.45, 7) is 9.13. The topological polar surface area (TPSA) is 81.4 Å². The van der Waals surface area contributed by atoms with Crippen molar-refractivity contribution >= 4 is 6.01 Å². The number of hydrogen-bond acceptors (Lipinski definition) is 7. The second kappa shape index (κ2) is 7.20.